The first kappa shape index (κ1) is 27.9. The van der Waals surface area contributed by atoms with Gasteiger partial charge >= 0.3 is 6.09 Å². The van der Waals surface area contributed by atoms with Gasteiger partial charge in [-0.3, -0.25) is 19.8 Å². The molecule has 0 aromatic heterocycles. The van der Waals surface area contributed by atoms with E-state index in [4.69, 9.17) is 20.1 Å². The number of fused-ring (bicyclic) bond motifs is 7. The fraction of sp³-hybridized carbons (Fsp3) is 0.714. The van der Waals surface area contributed by atoms with Crippen LogP contribution >= 0.6 is 0 Å². The van der Waals surface area contributed by atoms with Crippen LogP contribution in [0.2, 0.25) is 0 Å². The Morgan fingerprint density at radius 3 is 2.77 bits per heavy atom. The average Bonchev–Trinajstić information content (AvgIpc) is 3.38. The number of nitrogens with one attached hydrogen (secondary N) is 2. The van der Waals surface area contributed by atoms with E-state index >= 15 is 0 Å². The summed E-state index contributed by atoms with van der Waals surface area (Å²) in [5.41, 5.74) is 0.380. The first-order valence-electron chi connectivity index (χ1n) is 13.9. The van der Waals surface area contributed by atoms with Crippen molar-refractivity contribution in [2.75, 3.05) is 13.2 Å². The Kier molecular flexibility index (Phi) is 7.24. The minimum atomic E-state index is -1.38. The van der Waals surface area contributed by atoms with Crippen LogP contribution in [0.3, 0.4) is 0 Å². The fourth-order valence-electron chi connectivity index (χ4n) is 8.50. The molecular formula is C28H39N3O8. The quantitative estimate of drug-likeness (QED) is 0.210. The molecule has 5 aliphatic rings. The standard InChI is InChI=1S/C28H39N3O8/c1-4-5-23-38-21-11-18-17-7-6-15-10-16(32)8-9-26(15,2)24(17)19(33)12-27(18,3)28(21,39-23)20(34)14-37-25(36)30-13-22(35)31-29/h8-10,17-19,21,23-24,33H,4-7,11-14,29H2,1-3H3,(H,30,36)(H,31,35)/t17-,18-,19-,21+,23?,24?,26-,27-,28+/m0/s1. The van der Waals surface area contributed by atoms with Crippen LogP contribution in [0.4, 0.5) is 4.79 Å². The number of rotatable bonds is 7. The Balaban J connectivity index is 1.43. The number of Topliss-reactive ketones (excluding diaryl/α,β-unsaturated/α-hetero) is 1. The number of aliphatic hydroxyl groups excluding tert-OH is 1. The zero-order chi connectivity index (χ0) is 28.2. The van der Waals surface area contributed by atoms with Gasteiger partial charge in [0.15, 0.2) is 24.3 Å². The molecule has 0 aromatic rings. The Morgan fingerprint density at radius 1 is 1.28 bits per heavy atom. The number of hydrogen-bond acceptors (Lipinski definition) is 9. The van der Waals surface area contributed by atoms with E-state index in [0.717, 1.165) is 24.8 Å². The summed E-state index contributed by atoms with van der Waals surface area (Å²) in [5.74, 6) is 3.99. The van der Waals surface area contributed by atoms with Crippen molar-refractivity contribution in [3.63, 3.8) is 0 Å². The van der Waals surface area contributed by atoms with E-state index in [1.165, 1.54) is 0 Å². The molecule has 1 aliphatic heterocycles. The molecule has 4 aliphatic carbocycles. The highest BCUT2D eigenvalue weighted by Crippen LogP contribution is 2.69. The molecule has 0 bridgehead atoms. The van der Waals surface area contributed by atoms with Crippen molar-refractivity contribution in [2.24, 2.45) is 34.4 Å². The summed E-state index contributed by atoms with van der Waals surface area (Å²) in [4.78, 5) is 49.6. The van der Waals surface area contributed by atoms with Gasteiger partial charge in [-0.25, -0.2) is 10.6 Å². The maximum atomic E-state index is 14.0. The maximum Gasteiger partial charge on any atom is 0.408 e. The Bertz CT molecular complexity index is 1120. The van der Waals surface area contributed by atoms with Gasteiger partial charge in [-0.15, -0.1) is 0 Å². The summed E-state index contributed by atoms with van der Waals surface area (Å²) >= 11 is 0. The number of carbonyl (C=O) groups excluding carboxylic acids is 4. The molecule has 0 radical (unpaired) electrons. The second-order valence-electron chi connectivity index (χ2n) is 12.1. The van der Waals surface area contributed by atoms with Crippen LogP contribution in [0, 0.1) is 28.6 Å². The molecule has 4 fully saturated rings. The lowest BCUT2D eigenvalue weighted by Crippen LogP contribution is -2.63. The summed E-state index contributed by atoms with van der Waals surface area (Å²) in [6, 6.07) is 0. The monoisotopic (exact) mass is 545 g/mol. The zero-order valence-electron chi connectivity index (χ0n) is 22.7. The predicted molar refractivity (Wildman–Crippen MR) is 137 cm³/mol. The van der Waals surface area contributed by atoms with Crippen molar-refractivity contribution < 1.29 is 38.5 Å². The SMILES string of the molecule is CCCC1O[C@@H]2C[C@H]3[C@@H]4CCC5=CC(=O)C=C[C@]5(C)C4[C@@H](O)C[C@]3(C)[C@]2(C(=O)COC(=O)NCC(=O)NN)O1. The lowest BCUT2D eigenvalue weighted by Gasteiger charge is -2.59. The molecule has 2 amide bonds. The lowest BCUT2D eigenvalue weighted by atomic mass is 9.46. The van der Waals surface area contributed by atoms with Gasteiger partial charge in [-0.1, -0.05) is 38.8 Å². The van der Waals surface area contributed by atoms with E-state index in [-0.39, 0.29) is 30.1 Å². The van der Waals surface area contributed by atoms with Crippen molar-refractivity contribution in [2.45, 2.75) is 83.4 Å². The van der Waals surface area contributed by atoms with E-state index in [2.05, 4.69) is 12.2 Å². The molecular weight excluding hydrogens is 506 g/mol. The molecule has 5 N–H and O–H groups in total. The van der Waals surface area contributed by atoms with Gasteiger partial charge in [0, 0.05) is 16.7 Å². The number of hydrazine groups is 1. The van der Waals surface area contributed by atoms with Crippen LogP contribution < -0.4 is 16.6 Å². The zero-order valence-corrected chi connectivity index (χ0v) is 22.7. The lowest BCUT2D eigenvalue weighted by molar-refractivity contribution is -0.200. The average molecular weight is 546 g/mol. The van der Waals surface area contributed by atoms with Crippen LogP contribution in [0.15, 0.2) is 23.8 Å². The number of ketones is 2. The number of ether oxygens (including phenoxy) is 3. The largest absolute Gasteiger partial charge is 0.441 e. The van der Waals surface area contributed by atoms with E-state index < -0.39 is 59.3 Å². The number of carbonyl (C=O) groups is 4. The highest BCUT2D eigenvalue weighted by atomic mass is 16.7. The van der Waals surface area contributed by atoms with E-state index in [1.54, 1.807) is 12.2 Å². The van der Waals surface area contributed by atoms with Crippen molar-refractivity contribution >= 4 is 23.6 Å². The molecule has 1 saturated heterocycles. The van der Waals surface area contributed by atoms with Crippen molar-refractivity contribution in [3.05, 3.63) is 23.8 Å². The van der Waals surface area contributed by atoms with Crippen molar-refractivity contribution in [1.29, 1.82) is 0 Å². The normalized spacial score (nSPS) is 42.0. The summed E-state index contributed by atoms with van der Waals surface area (Å²) in [6.45, 7) is 5.17. The fourth-order valence-corrected chi connectivity index (χ4v) is 8.50. The van der Waals surface area contributed by atoms with Gasteiger partial charge in [0.05, 0.1) is 12.2 Å². The van der Waals surface area contributed by atoms with Gasteiger partial charge in [0.25, 0.3) is 5.91 Å². The van der Waals surface area contributed by atoms with Gasteiger partial charge in [0.1, 0.15) is 6.54 Å². The molecule has 11 heteroatoms. The molecule has 5 rings (SSSR count). The summed E-state index contributed by atoms with van der Waals surface area (Å²) in [6.07, 6.45) is 6.37. The second-order valence-corrected chi connectivity index (χ2v) is 12.1. The molecule has 11 nitrogen and oxygen atoms in total. The molecule has 2 unspecified atom stereocenters. The van der Waals surface area contributed by atoms with Crippen LogP contribution in [0.1, 0.15) is 59.3 Å². The highest BCUT2D eigenvalue weighted by molar-refractivity contribution is 6.01. The van der Waals surface area contributed by atoms with E-state index in [9.17, 15) is 24.3 Å². The van der Waals surface area contributed by atoms with Gasteiger partial charge in [-0.2, -0.15) is 0 Å². The second kappa shape index (κ2) is 10.1. The van der Waals surface area contributed by atoms with Crippen LogP contribution in [-0.2, 0) is 28.6 Å². The summed E-state index contributed by atoms with van der Waals surface area (Å²) in [7, 11) is 0. The van der Waals surface area contributed by atoms with Crippen LogP contribution in [0.25, 0.3) is 0 Å². The van der Waals surface area contributed by atoms with Crippen LogP contribution in [-0.4, -0.2) is 65.9 Å². The van der Waals surface area contributed by atoms with Crippen molar-refractivity contribution in [3.8, 4) is 0 Å². The molecule has 1 heterocycles. The van der Waals surface area contributed by atoms with Gasteiger partial charge in [-0.05, 0) is 56.1 Å². The maximum absolute atomic E-state index is 14.0. The number of hydrogen-bond donors (Lipinski definition) is 4. The molecule has 39 heavy (non-hydrogen) atoms. The minimum absolute atomic E-state index is 0.0209. The Morgan fingerprint density at radius 2 is 2.05 bits per heavy atom. The predicted octanol–water partition coefficient (Wildman–Crippen LogP) is 1.44. The molecule has 0 aromatic carbocycles. The number of allylic oxidation sites excluding steroid dienone is 4. The Hall–Kier alpha value is -2.60. The van der Waals surface area contributed by atoms with Crippen molar-refractivity contribution in [1.82, 2.24) is 10.7 Å². The Labute approximate surface area is 227 Å². The molecule has 3 saturated carbocycles. The summed E-state index contributed by atoms with van der Waals surface area (Å²) < 4.78 is 18.1. The van der Waals surface area contributed by atoms with Gasteiger partial charge < -0.3 is 24.6 Å². The van der Waals surface area contributed by atoms with E-state index in [1.807, 2.05) is 25.3 Å². The topological polar surface area (TPSA) is 166 Å². The molecule has 0 spiro atoms. The first-order chi connectivity index (χ1) is 18.5. The van der Waals surface area contributed by atoms with E-state index in [0.29, 0.717) is 19.3 Å². The molecule has 9 atom stereocenters. The third kappa shape index (κ3) is 4.25. The number of amides is 2. The number of aliphatic hydroxyl groups is 1. The smallest absolute Gasteiger partial charge is 0.408 e. The van der Waals surface area contributed by atoms with Crippen LogP contribution in [0.5, 0.6) is 0 Å². The third-order valence-corrected chi connectivity index (χ3v) is 10.1. The third-order valence-electron chi connectivity index (χ3n) is 10.1. The molecule has 214 valence electrons. The minimum Gasteiger partial charge on any atom is -0.441 e. The van der Waals surface area contributed by atoms with Gasteiger partial charge in [0.2, 0.25) is 5.78 Å². The number of nitrogens with two attached hydrogens (primary N) is 1. The number of alkyl carbamates (subject to hydrolysis) is 1. The summed E-state index contributed by atoms with van der Waals surface area (Å²) in [5, 5.41) is 14.0. The first-order valence-corrected chi connectivity index (χ1v) is 13.9. The highest BCUT2D eigenvalue weighted by Gasteiger charge is 2.75.